The maximum absolute atomic E-state index is 4.80. The highest BCUT2D eigenvalue weighted by atomic mass is 15.3. The van der Waals surface area contributed by atoms with Crippen LogP contribution in [0.1, 0.15) is 18.4 Å². The summed E-state index contributed by atoms with van der Waals surface area (Å²) in [4.78, 5) is 16.0. The smallest absolute Gasteiger partial charge is 0.227 e. The number of benzene rings is 1. The summed E-state index contributed by atoms with van der Waals surface area (Å²) in [6.07, 6.45) is 6.07. The largest absolute Gasteiger partial charge is 0.366 e. The van der Waals surface area contributed by atoms with E-state index in [1.807, 2.05) is 36.5 Å². The van der Waals surface area contributed by atoms with Gasteiger partial charge in [-0.05, 0) is 24.5 Å². The van der Waals surface area contributed by atoms with Crippen LogP contribution >= 0.6 is 0 Å². The molecule has 0 radical (unpaired) electrons. The molecule has 0 aliphatic carbocycles. The summed E-state index contributed by atoms with van der Waals surface area (Å²) >= 11 is 0. The topological polar surface area (TPSA) is 53.9 Å². The molecule has 1 aromatic carbocycles. The zero-order valence-electron chi connectivity index (χ0n) is 14.1. The molecule has 5 nitrogen and oxygen atoms in total. The minimum Gasteiger partial charge on any atom is -0.366 e. The van der Waals surface area contributed by atoms with Crippen LogP contribution in [0.2, 0.25) is 0 Å². The van der Waals surface area contributed by atoms with Gasteiger partial charge in [-0.15, -0.1) is 0 Å². The van der Waals surface area contributed by atoms with Gasteiger partial charge in [0.05, 0.1) is 5.69 Å². The first-order chi connectivity index (χ1) is 12.4. The van der Waals surface area contributed by atoms with Gasteiger partial charge in [0.1, 0.15) is 5.82 Å². The minimum absolute atomic E-state index is 0.693. The second-order valence-electron chi connectivity index (χ2n) is 6.21. The molecule has 3 aromatic rings. The Kier molecular flexibility index (Phi) is 4.55. The molecule has 1 aliphatic rings. The Bertz CT molecular complexity index is 814. The molecule has 0 unspecified atom stereocenters. The van der Waals surface area contributed by atoms with Crippen molar-refractivity contribution in [2.45, 2.75) is 19.4 Å². The van der Waals surface area contributed by atoms with Gasteiger partial charge in [0.25, 0.3) is 0 Å². The summed E-state index contributed by atoms with van der Waals surface area (Å²) in [5.74, 6) is 1.66. The van der Waals surface area contributed by atoms with Crippen molar-refractivity contribution in [3.63, 3.8) is 0 Å². The number of hydrogen-bond acceptors (Lipinski definition) is 5. The minimum atomic E-state index is 0.693. The Hall–Kier alpha value is -2.95. The SMILES string of the molecule is c1ccc(-c2cc(NCc3cccnc3)nc(N3CCCC3)n2)cc1. The first-order valence-corrected chi connectivity index (χ1v) is 8.71. The monoisotopic (exact) mass is 331 g/mol. The highest BCUT2D eigenvalue weighted by molar-refractivity contribution is 5.64. The summed E-state index contributed by atoms with van der Waals surface area (Å²) in [6, 6.07) is 16.3. The van der Waals surface area contributed by atoms with Crippen molar-refractivity contribution in [2.24, 2.45) is 0 Å². The summed E-state index contributed by atoms with van der Waals surface area (Å²) in [6.45, 7) is 2.75. The van der Waals surface area contributed by atoms with E-state index in [4.69, 9.17) is 9.97 Å². The van der Waals surface area contributed by atoms with Crippen molar-refractivity contribution in [3.8, 4) is 11.3 Å². The molecule has 25 heavy (non-hydrogen) atoms. The lowest BCUT2D eigenvalue weighted by Crippen LogP contribution is -2.21. The van der Waals surface area contributed by atoms with Crippen molar-refractivity contribution in [3.05, 3.63) is 66.5 Å². The summed E-state index contributed by atoms with van der Waals surface area (Å²) in [5, 5.41) is 3.42. The van der Waals surface area contributed by atoms with Gasteiger partial charge in [-0.1, -0.05) is 36.4 Å². The lowest BCUT2D eigenvalue weighted by atomic mass is 10.1. The third-order valence-electron chi connectivity index (χ3n) is 4.37. The number of hydrogen-bond donors (Lipinski definition) is 1. The fraction of sp³-hybridized carbons (Fsp3) is 0.250. The second-order valence-corrected chi connectivity index (χ2v) is 6.21. The Morgan fingerprint density at radius 1 is 0.960 bits per heavy atom. The van der Waals surface area contributed by atoms with Gasteiger partial charge < -0.3 is 10.2 Å². The average molecular weight is 331 g/mol. The molecule has 4 rings (SSSR count). The molecule has 1 saturated heterocycles. The highest BCUT2D eigenvalue weighted by Crippen LogP contribution is 2.25. The molecular weight excluding hydrogens is 310 g/mol. The van der Waals surface area contributed by atoms with Gasteiger partial charge >= 0.3 is 0 Å². The van der Waals surface area contributed by atoms with Crippen LogP contribution in [0.3, 0.4) is 0 Å². The first-order valence-electron chi connectivity index (χ1n) is 8.71. The number of rotatable bonds is 5. The number of anilines is 2. The predicted octanol–water partition coefficient (Wildman–Crippen LogP) is 3.75. The van der Waals surface area contributed by atoms with Crippen LogP contribution < -0.4 is 10.2 Å². The van der Waals surface area contributed by atoms with Crippen molar-refractivity contribution < 1.29 is 0 Å². The molecule has 0 spiro atoms. The number of nitrogens with one attached hydrogen (secondary N) is 1. The molecule has 5 heteroatoms. The van der Waals surface area contributed by atoms with Crippen molar-refractivity contribution in [2.75, 3.05) is 23.3 Å². The molecule has 0 atom stereocenters. The van der Waals surface area contributed by atoms with E-state index in [1.54, 1.807) is 6.20 Å². The van der Waals surface area contributed by atoms with Crippen molar-refractivity contribution in [1.82, 2.24) is 15.0 Å². The van der Waals surface area contributed by atoms with E-state index in [0.29, 0.717) is 6.54 Å². The Balaban J connectivity index is 1.63. The van der Waals surface area contributed by atoms with Gasteiger partial charge in [-0.3, -0.25) is 4.98 Å². The summed E-state index contributed by atoms with van der Waals surface area (Å²) in [7, 11) is 0. The summed E-state index contributed by atoms with van der Waals surface area (Å²) in [5.41, 5.74) is 3.19. The standard InChI is InChI=1S/C20H21N5/c1-2-8-17(9-3-1)18-13-19(22-15-16-7-6-10-21-14-16)24-20(23-18)25-11-4-5-12-25/h1-3,6-10,13-14H,4-5,11-12,15H2,(H,22,23,24). The Labute approximate surface area is 147 Å². The molecule has 126 valence electrons. The van der Waals surface area contributed by atoms with Gasteiger partial charge in [-0.25, -0.2) is 4.98 Å². The van der Waals surface area contributed by atoms with E-state index in [1.165, 1.54) is 12.8 Å². The van der Waals surface area contributed by atoms with E-state index >= 15 is 0 Å². The average Bonchev–Trinajstić information content (AvgIpc) is 3.23. The fourth-order valence-electron chi connectivity index (χ4n) is 3.04. The number of aromatic nitrogens is 3. The maximum Gasteiger partial charge on any atom is 0.227 e. The van der Waals surface area contributed by atoms with Crippen LogP contribution in [0.15, 0.2) is 60.9 Å². The Morgan fingerprint density at radius 2 is 1.80 bits per heavy atom. The quantitative estimate of drug-likeness (QED) is 0.771. The van der Waals surface area contributed by atoms with Gasteiger partial charge in [-0.2, -0.15) is 4.98 Å². The third kappa shape index (κ3) is 3.76. The van der Waals surface area contributed by atoms with Gasteiger partial charge in [0.2, 0.25) is 5.95 Å². The molecule has 1 N–H and O–H groups in total. The van der Waals surface area contributed by atoms with E-state index in [2.05, 4.69) is 33.4 Å². The fourth-order valence-corrected chi connectivity index (χ4v) is 3.04. The molecule has 0 amide bonds. The molecule has 0 bridgehead atoms. The molecule has 1 aliphatic heterocycles. The van der Waals surface area contributed by atoms with E-state index in [0.717, 1.165) is 41.7 Å². The predicted molar refractivity (Wildman–Crippen MR) is 100 cm³/mol. The third-order valence-corrected chi connectivity index (χ3v) is 4.37. The number of pyridine rings is 1. The molecule has 1 fully saturated rings. The van der Waals surface area contributed by atoms with Crippen LogP contribution in [0.4, 0.5) is 11.8 Å². The normalized spacial score (nSPS) is 13.8. The second kappa shape index (κ2) is 7.30. The Morgan fingerprint density at radius 3 is 2.56 bits per heavy atom. The van der Waals surface area contributed by atoms with Gasteiger partial charge in [0.15, 0.2) is 0 Å². The van der Waals surface area contributed by atoms with E-state index in [9.17, 15) is 0 Å². The van der Waals surface area contributed by atoms with E-state index < -0.39 is 0 Å². The van der Waals surface area contributed by atoms with E-state index in [-0.39, 0.29) is 0 Å². The molecule has 0 saturated carbocycles. The lowest BCUT2D eigenvalue weighted by Gasteiger charge is -2.18. The molecule has 2 aromatic heterocycles. The lowest BCUT2D eigenvalue weighted by molar-refractivity contribution is 0.898. The summed E-state index contributed by atoms with van der Waals surface area (Å²) < 4.78 is 0. The van der Waals surface area contributed by atoms with Crippen molar-refractivity contribution >= 4 is 11.8 Å². The number of nitrogens with zero attached hydrogens (tertiary/aromatic N) is 4. The van der Waals surface area contributed by atoms with Crippen LogP contribution in [-0.2, 0) is 6.54 Å². The van der Waals surface area contributed by atoms with Crippen LogP contribution in [0.5, 0.6) is 0 Å². The maximum atomic E-state index is 4.80. The van der Waals surface area contributed by atoms with Crippen LogP contribution in [-0.4, -0.2) is 28.0 Å². The zero-order valence-corrected chi connectivity index (χ0v) is 14.1. The zero-order chi connectivity index (χ0) is 16.9. The molecular formula is C20H21N5. The highest BCUT2D eigenvalue weighted by Gasteiger charge is 2.17. The first kappa shape index (κ1) is 15.6. The van der Waals surface area contributed by atoms with Crippen LogP contribution in [0.25, 0.3) is 11.3 Å². The van der Waals surface area contributed by atoms with Crippen molar-refractivity contribution in [1.29, 1.82) is 0 Å². The van der Waals surface area contributed by atoms with Crippen LogP contribution in [0, 0.1) is 0 Å². The van der Waals surface area contributed by atoms with Gasteiger partial charge in [0, 0.05) is 43.7 Å². The molecule has 3 heterocycles.